The lowest BCUT2D eigenvalue weighted by molar-refractivity contribution is 0.0769. The van der Waals surface area contributed by atoms with Gasteiger partial charge >= 0.3 is 0 Å². The van der Waals surface area contributed by atoms with E-state index in [2.05, 4.69) is 4.98 Å². The second-order valence-electron chi connectivity index (χ2n) is 3.51. The summed E-state index contributed by atoms with van der Waals surface area (Å²) in [6, 6.07) is 0.448. The van der Waals surface area contributed by atoms with E-state index in [1.807, 2.05) is 14.1 Å². The van der Waals surface area contributed by atoms with Gasteiger partial charge in [-0.05, 0) is 12.8 Å². The minimum Gasteiger partial charge on any atom is -0.336 e. The highest BCUT2D eigenvalue weighted by Crippen LogP contribution is 2.26. The van der Waals surface area contributed by atoms with Crippen molar-refractivity contribution in [1.82, 2.24) is 14.5 Å². The van der Waals surface area contributed by atoms with E-state index in [1.54, 1.807) is 21.9 Å². The maximum atomic E-state index is 11.8. The molecule has 13 heavy (non-hydrogen) atoms. The quantitative estimate of drug-likeness (QED) is 0.668. The standard InChI is InChI=1S/C9H13N3O/c1-11-6-5-10-8(11)9(13)12(2)7-3-4-7/h5-7H,3-4H2,1-2H3. The van der Waals surface area contributed by atoms with Crippen LogP contribution in [0.3, 0.4) is 0 Å². The number of carbonyl (C=O) groups is 1. The van der Waals surface area contributed by atoms with E-state index >= 15 is 0 Å². The van der Waals surface area contributed by atoms with Crippen molar-refractivity contribution >= 4 is 5.91 Å². The minimum absolute atomic E-state index is 0.0231. The number of hydrogen-bond donors (Lipinski definition) is 0. The van der Waals surface area contributed by atoms with Crippen LogP contribution in [0.25, 0.3) is 0 Å². The van der Waals surface area contributed by atoms with E-state index < -0.39 is 0 Å². The Labute approximate surface area is 77.2 Å². The first kappa shape index (κ1) is 8.29. The summed E-state index contributed by atoms with van der Waals surface area (Å²) in [7, 11) is 3.68. The van der Waals surface area contributed by atoms with Crippen LogP contribution in [0.1, 0.15) is 23.5 Å². The van der Waals surface area contributed by atoms with Crippen LogP contribution in [-0.2, 0) is 7.05 Å². The van der Waals surface area contributed by atoms with Crippen molar-refractivity contribution in [2.24, 2.45) is 7.05 Å². The highest BCUT2D eigenvalue weighted by Gasteiger charge is 2.31. The molecule has 0 atom stereocenters. The molecule has 0 spiro atoms. The fourth-order valence-corrected chi connectivity index (χ4v) is 1.36. The zero-order chi connectivity index (χ0) is 9.42. The molecule has 0 aromatic carbocycles. The van der Waals surface area contributed by atoms with Crippen molar-refractivity contribution in [2.75, 3.05) is 7.05 Å². The van der Waals surface area contributed by atoms with Gasteiger partial charge in [0.05, 0.1) is 0 Å². The molecule has 1 heterocycles. The summed E-state index contributed by atoms with van der Waals surface area (Å²) in [6.07, 6.45) is 5.70. The van der Waals surface area contributed by atoms with E-state index in [9.17, 15) is 4.79 Å². The molecule has 0 radical (unpaired) electrons. The van der Waals surface area contributed by atoms with Crippen molar-refractivity contribution in [3.8, 4) is 0 Å². The Morgan fingerprint density at radius 3 is 2.85 bits per heavy atom. The van der Waals surface area contributed by atoms with Crippen LogP contribution in [0.2, 0.25) is 0 Å². The predicted octanol–water partition coefficient (Wildman–Crippen LogP) is 0.654. The molecule has 4 heteroatoms. The predicted molar refractivity (Wildman–Crippen MR) is 48.3 cm³/mol. The van der Waals surface area contributed by atoms with Crippen LogP contribution in [0, 0.1) is 0 Å². The van der Waals surface area contributed by atoms with Crippen molar-refractivity contribution in [1.29, 1.82) is 0 Å². The van der Waals surface area contributed by atoms with Crippen LogP contribution < -0.4 is 0 Å². The second-order valence-corrected chi connectivity index (χ2v) is 3.51. The molecule has 1 aromatic rings. The molecular formula is C9H13N3O. The average molecular weight is 179 g/mol. The normalized spacial score (nSPS) is 15.8. The number of aryl methyl sites for hydroxylation is 1. The summed E-state index contributed by atoms with van der Waals surface area (Å²) in [6.45, 7) is 0. The summed E-state index contributed by atoms with van der Waals surface area (Å²) < 4.78 is 1.75. The van der Waals surface area contributed by atoms with Crippen LogP contribution in [0.4, 0.5) is 0 Å². The number of carbonyl (C=O) groups excluding carboxylic acids is 1. The number of imidazole rings is 1. The topological polar surface area (TPSA) is 38.1 Å². The Morgan fingerprint density at radius 1 is 1.69 bits per heavy atom. The van der Waals surface area contributed by atoms with Gasteiger partial charge in [0, 0.05) is 32.5 Å². The van der Waals surface area contributed by atoms with Crippen molar-refractivity contribution in [3.05, 3.63) is 18.2 Å². The highest BCUT2D eigenvalue weighted by atomic mass is 16.2. The van der Waals surface area contributed by atoms with Gasteiger partial charge in [-0.2, -0.15) is 0 Å². The number of nitrogens with zero attached hydrogens (tertiary/aromatic N) is 3. The first-order chi connectivity index (χ1) is 6.20. The molecule has 0 unspecified atom stereocenters. The Bertz CT molecular complexity index is 327. The summed E-state index contributed by atoms with van der Waals surface area (Å²) in [5.41, 5.74) is 0. The lowest BCUT2D eigenvalue weighted by Gasteiger charge is -2.15. The van der Waals surface area contributed by atoms with E-state index in [4.69, 9.17) is 0 Å². The second kappa shape index (κ2) is 2.87. The molecule has 0 aliphatic heterocycles. The molecule has 1 saturated carbocycles. The summed E-state index contributed by atoms with van der Waals surface area (Å²) in [5, 5.41) is 0. The van der Waals surface area contributed by atoms with Gasteiger partial charge in [0.25, 0.3) is 5.91 Å². The Morgan fingerprint density at radius 2 is 2.38 bits per heavy atom. The van der Waals surface area contributed by atoms with Gasteiger partial charge in [0.15, 0.2) is 5.82 Å². The molecule has 0 bridgehead atoms. The SMILES string of the molecule is CN(C(=O)c1nccn1C)C1CC1. The van der Waals surface area contributed by atoms with Crippen LogP contribution in [0.15, 0.2) is 12.4 Å². The smallest absolute Gasteiger partial charge is 0.289 e. The third-order valence-corrected chi connectivity index (χ3v) is 2.43. The van der Waals surface area contributed by atoms with Gasteiger partial charge in [-0.3, -0.25) is 4.79 Å². The number of amides is 1. The average Bonchev–Trinajstić information content (AvgIpc) is 2.87. The van der Waals surface area contributed by atoms with Crippen molar-refractivity contribution in [3.63, 3.8) is 0 Å². The van der Waals surface area contributed by atoms with Crippen LogP contribution in [-0.4, -0.2) is 33.4 Å². The molecule has 0 N–H and O–H groups in total. The molecular weight excluding hydrogens is 166 g/mol. The molecule has 1 aromatic heterocycles. The third kappa shape index (κ3) is 1.43. The van der Waals surface area contributed by atoms with Crippen molar-refractivity contribution < 1.29 is 4.79 Å². The Hall–Kier alpha value is -1.32. The lowest BCUT2D eigenvalue weighted by Crippen LogP contribution is -2.30. The molecule has 1 fully saturated rings. The largest absolute Gasteiger partial charge is 0.336 e. The molecule has 70 valence electrons. The monoisotopic (exact) mass is 179 g/mol. The zero-order valence-electron chi connectivity index (χ0n) is 7.90. The molecule has 1 aliphatic carbocycles. The molecule has 1 aliphatic rings. The van der Waals surface area contributed by atoms with E-state index in [1.165, 1.54) is 0 Å². The zero-order valence-corrected chi connectivity index (χ0v) is 7.90. The summed E-state index contributed by atoms with van der Waals surface area (Å²) in [5.74, 6) is 0.546. The Kier molecular flexibility index (Phi) is 1.83. The lowest BCUT2D eigenvalue weighted by atomic mass is 10.4. The first-order valence-electron chi connectivity index (χ1n) is 4.44. The Balaban J connectivity index is 2.16. The molecule has 2 rings (SSSR count). The highest BCUT2D eigenvalue weighted by molar-refractivity contribution is 5.91. The van der Waals surface area contributed by atoms with Crippen molar-refractivity contribution in [2.45, 2.75) is 18.9 Å². The maximum absolute atomic E-state index is 11.8. The third-order valence-electron chi connectivity index (χ3n) is 2.43. The fraction of sp³-hybridized carbons (Fsp3) is 0.556. The van der Waals surface area contributed by atoms with Gasteiger partial charge < -0.3 is 9.47 Å². The number of hydrogen-bond acceptors (Lipinski definition) is 2. The van der Waals surface area contributed by atoms with Gasteiger partial charge in [-0.15, -0.1) is 0 Å². The van der Waals surface area contributed by atoms with Gasteiger partial charge in [-0.25, -0.2) is 4.98 Å². The molecule has 1 amide bonds. The van der Waals surface area contributed by atoms with Gasteiger partial charge in [0.2, 0.25) is 0 Å². The minimum atomic E-state index is 0.0231. The van der Waals surface area contributed by atoms with Gasteiger partial charge in [-0.1, -0.05) is 0 Å². The number of rotatable bonds is 2. The fourth-order valence-electron chi connectivity index (χ4n) is 1.36. The summed E-state index contributed by atoms with van der Waals surface area (Å²) >= 11 is 0. The van der Waals surface area contributed by atoms with E-state index in [0.29, 0.717) is 11.9 Å². The molecule has 0 saturated heterocycles. The molecule has 4 nitrogen and oxygen atoms in total. The van der Waals surface area contributed by atoms with Gasteiger partial charge in [0.1, 0.15) is 0 Å². The van der Waals surface area contributed by atoms with Crippen LogP contribution in [0.5, 0.6) is 0 Å². The van der Waals surface area contributed by atoms with Crippen LogP contribution >= 0.6 is 0 Å². The summed E-state index contributed by atoms with van der Waals surface area (Å²) in [4.78, 5) is 17.5. The first-order valence-corrected chi connectivity index (χ1v) is 4.44. The van der Waals surface area contributed by atoms with E-state index in [-0.39, 0.29) is 5.91 Å². The van der Waals surface area contributed by atoms with E-state index in [0.717, 1.165) is 12.8 Å². The number of aromatic nitrogens is 2. The maximum Gasteiger partial charge on any atom is 0.289 e.